The van der Waals surface area contributed by atoms with Gasteiger partial charge >= 0.3 is 0 Å². The number of unbranched alkanes of at least 4 members (excludes halogenated alkanes) is 1. The largest absolute Gasteiger partial charge is 0.407 e. The highest BCUT2D eigenvalue weighted by molar-refractivity contribution is 6.99. The Balaban J connectivity index is 1.56. The van der Waals surface area contributed by atoms with E-state index in [4.69, 9.17) is 16.0 Å². The quantitative estimate of drug-likeness (QED) is 0.139. The maximum Gasteiger partial charge on any atom is 0.261 e. The first-order valence-corrected chi connectivity index (χ1v) is 14.7. The van der Waals surface area contributed by atoms with Crippen LogP contribution in [-0.4, -0.2) is 19.9 Å². The molecule has 4 aromatic rings. The third kappa shape index (κ3) is 5.20. The van der Waals surface area contributed by atoms with E-state index in [1.807, 2.05) is 6.07 Å². The molecule has 2 nitrogen and oxygen atoms in total. The monoisotopic (exact) mass is 505 g/mol. The molecule has 1 aromatic heterocycles. The number of aromatic nitrogens is 1. The highest BCUT2D eigenvalue weighted by Crippen LogP contribution is 2.37. The molecule has 0 spiro atoms. The van der Waals surface area contributed by atoms with Crippen molar-refractivity contribution in [3.8, 4) is 0 Å². The molecular weight excluding hydrogens is 473 g/mol. The Hall–Kier alpha value is -2.53. The molecule has 0 radical (unpaired) electrons. The summed E-state index contributed by atoms with van der Waals surface area (Å²) in [6, 6.07) is 26.6. The average molecular weight is 506 g/mol. The zero-order valence-electron chi connectivity index (χ0n) is 20.7. The molecule has 0 aliphatic rings. The molecule has 0 N–H and O–H groups in total. The van der Waals surface area contributed by atoms with Crippen LogP contribution in [0.3, 0.4) is 0 Å². The van der Waals surface area contributed by atoms with Crippen LogP contribution < -0.4 is 10.4 Å². The van der Waals surface area contributed by atoms with Gasteiger partial charge in [-0.2, -0.15) is 0 Å². The minimum atomic E-state index is -2.53. The molecule has 0 aliphatic carbocycles. The maximum absolute atomic E-state index is 14.3. The van der Waals surface area contributed by atoms with Gasteiger partial charge in [0, 0.05) is 18.2 Å². The molecule has 1 heterocycles. The van der Waals surface area contributed by atoms with Crippen molar-refractivity contribution in [3.05, 3.63) is 102 Å². The topological polar surface area (TPSA) is 22.1 Å². The first-order valence-electron chi connectivity index (χ1n) is 12.2. The number of rotatable bonds is 9. The van der Waals surface area contributed by atoms with Crippen LogP contribution in [0.2, 0.25) is 5.04 Å². The van der Waals surface area contributed by atoms with Crippen molar-refractivity contribution in [3.63, 3.8) is 0 Å². The van der Waals surface area contributed by atoms with E-state index in [0.29, 0.717) is 17.9 Å². The molecule has 3 aromatic carbocycles. The fourth-order valence-corrected chi connectivity index (χ4v) is 9.93. The lowest BCUT2D eigenvalue weighted by molar-refractivity contribution is 0.288. The van der Waals surface area contributed by atoms with Gasteiger partial charge in [0.05, 0.1) is 11.6 Å². The summed E-state index contributed by atoms with van der Waals surface area (Å²) in [5.74, 6) is 0.0766. The lowest BCUT2D eigenvalue weighted by atomic mass is 9.99. The first kappa shape index (κ1) is 25.6. The number of nitrogens with zero attached hydrogens (tertiary/aromatic N) is 1. The van der Waals surface area contributed by atoms with Crippen LogP contribution in [0.5, 0.6) is 0 Å². The number of halogens is 2. The van der Waals surface area contributed by atoms with Gasteiger partial charge in [-0.1, -0.05) is 93.6 Å². The summed E-state index contributed by atoms with van der Waals surface area (Å²) in [5.41, 5.74) is 1.88. The van der Waals surface area contributed by atoms with Crippen molar-refractivity contribution in [2.24, 2.45) is 0 Å². The van der Waals surface area contributed by atoms with Crippen molar-refractivity contribution in [2.45, 2.75) is 51.0 Å². The molecule has 0 fully saturated rings. The van der Waals surface area contributed by atoms with Crippen molar-refractivity contribution < 1.29 is 8.82 Å². The predicted octanol–water partition coefficient (Wildman–Crippen LogP) is 7.01. The first-order chi connectivity index (χ1) is 16.9. The lowest BCUT2D eigenvalue weighted by Crippen LogP contribution is -2.66. The molecule has 5 heteroatoms. The minimum absolute atomic E-state index is 0.0431. The van der Waals surface area contributed by atoms with E-state index in [1.54, 1.807) is 12.3 Å². The number of benzene rings is 3. The summed E-state index contributed by atoms with van der Waals surface area (Å²) in [5, 5.41) is 4.00. The van der Waals surface area contributed by atoms with Gasteiger partial charge in [0.2, 0.25) is 0 Å². The number of hydrogen-bond donors (Lipinski definition) is 0. The molecule has 0 atom stereocenters. The van der Waals surface area contributed by atoms with Gasteiger partial charge in [-0.15, -0.1) is 11.6 Å². The maximum atomic E-state index is 14.3. The molecule has 4 rings (SSSR count). The second kappa shape index (κ2) is 11.0. The predicted molar refractivity (Wildman–Crippen MR) is 148 cm³/mol. The Morgan fingerprint density at radius 2 is 1.46 bits per heavy atom. The number of hydrogen-bond acceptors (Lipinski definition) is 2. The highest BCUT2D eigenvalue weighted by Gasteiger charge is 2.49. The van der Waals surface area contributed by atoms with E-state index in [0.717, 1.165) is 35.9 Å². The molecule has 0 amide bonds. The van der Waals surface area contributed by atoms with Crippen molar-refractivity contribution in [1.82, 2.24) is 4.98 Å². The lowest BCUT2D eigenvalue weighted by Gasteiger charge is -2.43. The van der Waals surface area contributed by atoms with Crippen LogP contribution in [-0.2, 0) is 16.7 Å². The van der Waals surface area contributed by atoms with Gasteiger partial charge in [0.15, 0.2) is 0 Å². The third-order valence-electron chi connectivity index (χ3n) is 6.76. The van der Waals surface area contributed by atoms with Gasteiger partial charge in [0.25, 0.3) is 8.32 Å². The van der Waals surface area contributed by atoms with E-state index in [1.165, 1.54) is 16.4 Å². The van der Waals surface area contributed by atoms with Gasteiger partial charge in [-0.3, -0.25) is 4.98 Å². The number of pyridine rings is 1. The molecule has 35 heavy (non-hydrogen) atoms. The molecular formula is C30H33ClFNOSi. The zero-order valence-corrected chi connectivity index (χ0v) is 22.5. The summed E-state index contributed by atoms with van der Waals surface area (Å²) < 4.78 is 21.3. The zero-order chi connectivity index (χ0) is 24.9. The van der Waals surface area contributed by atoms with Crippen molar-refractivity contribution in [2.75, 3.05) is 6.61 Å². The number of aryl methyl sites for hydroxylation is 1. The van der Waals surface area contributed by atoms with Crippen LogP contribution in [0, 0.1) is 5.82 Å². The summed E-state index contributed by atoms with van der Waals surface area (Å²) in [6.45, 7) is 7.54. The normalized spacial score (nSPS) is 12.3. The summed E-state index contributed by atoms with van der Waals surface area (Å²) in [6.07, 6.45) is 4.20. The second-order valence-corrected chi connectivity index (χ2v) is 14.6. The van der Waals surface area contributed by atoms with Crippen LogP contribution >= 0.6 is 11.6 Å². The molecule has 182 valence electrons. The molecule has 0 unspecified atom stereocenters. The number of alkyl halides is 1. The van der Waals surface area contributed by atoms with Gasteiger partial charge in [0.1, 0.15) is 5.82 Å². The minimum Gasteiger partial charge on any atom is -0.407 e. The van der Waals surface area contributed by atoms with E-state index >= 15 is 0 Å². The fourth-order valence-electron chi connectivity index (χ4n) is 5.09. The standard InChI is InChI=1S/C30H33ClFNOSi/c1-30(2,3)35(23-13-6-4-7-14-23,24-15-8-5-9-16-24)34-20-11-10-17-26-25-18-12-19-28(32)27(25)22-33-29(26)21-31/h4-9,12-16,18-19,22H,10-11,17,20-21H2,1-3H3. The Morgan fingerprint density at radius 1 is 0.829 bits per heavy atom. The third-order valence-corrected chi connectivity index (χ3v) is 12.1. The van der Waals surface area contributed by atoms with Gasteiger partial charge in [-0.25, -0.2) is 4.39 Å². The van der Waals surface area contributed by atoms with E-state index in [-0.39, 0.29) is 10.9 Å². The Labute approximate surface area is 214 Å². The van der Waals surface area contributed by atoms with E-state index in [9.17, 15) is 4.39 Å². The Morgan fingerprint density at radius 3 is 2.03 bits per heavy atom. The molecule has 0 saturated heterocycles. The average Bonchev–Trinajstić information content (AvgIpc) is 2.86. The molecule has 0 bridgehead atoms. The fraction of sp³-hybridized carbons (Fsp3) is 0.300. The summed E-state index contributed by atoms with van der Waals surface area (Å²) in [7, 11) is -2.53. The highest BCUT2D eigenvalue weighted by atomic mass is 35.5. The SMILES string of the molecule is CC(C)(C)[Si](OCCCCc1c(CCl)ncc2c(F)cccc12)(c1ccccc1)c1ccccc1. The van der Waals surface area contributed by atoms with Crippen LogP contribution in [0.1, 0.15) is 44.9 Å². The van der Waals surface area contributed by atoms with Crippen LogP contribution in [0.4, 0.5) is 4.39 Å². The second-order valence-electron chi connectivity index (χ2n) is 9.99. The summed E-state index contributed by atoms with van der Waals surface area (Å²) in [4.78, 5) is 4.44. The van der Waals surface area contributed by atoms with Crippen LogP contribution in [0.25, 0.3) is 10.8 Å². The van der Waals surface area contributed by atoms with E-state index < -0.39 is 8.32 Å². The Bertz CT molecular complexity index is 1220. The van der Waals surface area contributed by atoms with Gasteiger partial charge in [-0.05, 0) is 51.7 Å². The molecule has 0 aliphatic heterocycles. The Kier molecular flexibility index (Phi) is 8.05. The summed E-state index contributed by atoms with van der Waals surface area (Å²) >= 11 is 6.18. The molecule has 0 saturated carbocycles. The van der Waals surface area contributed by atoms with E-state index in [2.05, 4.69) is 86.4 Å². The van der Waals surface area contributed by atoms with Crippen molar-refractivity contribution in [1.29, 1.82) is 0 Å². The van der Waals surface area contributed by atoms with Crippen molar-refractivity contribution >= 4 is 41.1 Å². The number of fused-ring (bicyclic) bond motifs is 1. The van der Waals surface area contributed by atoms with Gasteiger partial charge < -0.3 is 4.43 Å². The van der Waals surface area contributed by atoms with Crippen LogP contribution in [0.15, 0.2) is 85.1 Å². The smallest absolute Gasteiger partial charge is 0.261 e.